The highest BCUT2D eigenvalue weighted by atomic mass is 16.5. The van der Waals surface area contributed by atoms with E-state index < -0.39 is 0 Å². The minimum atomic E-state index is -0.361. The number of ether oxygens (including phenoxy) is 1. The molecule has 12 nitrogen and oxygen atoms in total. The molecule has 3 aliphatic rings. The van der Waals surface area contributed by atoms with Crippen LogP contribution in [0.1, 0.15) is 28.9 Å². The van der Waals surface area contributed by atoms with Gasteiger partial charge in [-0.3, -0.25) is 9.79 Å². The number of anilines is 3. The third-order valence-corrected chi connectivity index (χ3v) is 7.30. The summed E-state index contributed by atoms with van der Waals surface area (Å²) < 4.78 is 11.5. The van der Waals surface area contributed by atoms with Crippen molar-refractivity contribution in [3.8, 4) is 0 Å². The number of nitrogens with zero attached hydrogens (tertiary/aromatic N) is 6. The molecular formula is C26H30N8O4. The van der Waals surface area contributed by atoms with E-state index in [4.69, 9.17) is 19.9 Å². The zero-order chi connectivity index (χ0) is 26.3. The zero-order valence-corrected chi connectivity index (χ0v) is 21.1. The minimum absolute atomic E-state index is 0.0915. The van der Waals surface area contributed by atoms with Crippen LogP contribution in [0.25, 0.3) is 16.8 Å². The van der Waals surface area contributed by atoms with Crippen LogP contribution in [0.15, 0.2) is 39.9 Å². The standard InChI is InChI=1S/C26H30N8O4/c1-28-13-16(12-27)19-3-2-4-21(29-19)30-24(36)18-9-20-22(32-25(38-20)33-5-7-37-8-6-33)31-23(18)34-14-26(15-34)10-17(35)11-26/h2-4,9,12-13,17,35H,5-8,10-11,14-15,27H2,1H3,(H,29,30,36)/b16-12+,28-13?. The van der Waals surface area contributed by atoms with Crippen molar-refractivity contribution in [2.75, 3.05) is 61.6 Å². The Balaban J connectivity index is 1.32. The second kappa shape index (κ2) is 9.69. The van der Waals surface area contributed by atoms with Gasteiger partial charge in [0, 0.05) is 62.7 Å². The zero-order valence-electron chi connectivity index (χ0n) is 21.1. The number of carbonyl (C=O) groups excluding carboxylic acids is 1. The molecule has 6 rings (SSSR count). The molecule has 1 saturated carbocycles. The first-order chi connectivity index (χ1) is 18.5. The summed E-state index contributed by atoms with van der Waals surface area (Å²) in [6, 6.07) is 7.46. The quantitative estimate of drug-likeness (QED) is 0.410. The first-order valence-corrected chi connectivity index (χ1v) is 12.7. The predicted molar refractivity (Wildman–Crippen MR) is 143 cm³/mol. The van der Waals surface area contributed by atoms with Crippen LogP contribution < -0.4 is 20.9 Å². The van der Waals surface area contributed by atoms with Gasteiger partial charge in [0.15, 0.2) is 5.58 Å². The Labute approximate surface area is 219 Å². The summed E-state index contributed by atoms with van der Waals surface area (Å²) in [4.78, 5) is 35.6. The average Bonchev–Trinajstić information content (AvgIpc) is 3.31. The van der Waals surface area contributed by atoms with Gasteiger partial charge in [0.2, 0.25) is 5.65 Å². The van der Waals surface area contributed by atoms with Crippen molar-refractivity contribution in [1.82, 2.24) is 15.0 Å². The number of aliphatic hydroxyl groups is 1. The Morgan fingerprint density at radius 3 is 2.71 bits per heavy atom. The summed E-state index contributed by atoms with van der Waals surface area (Å²) >= 11 is 0. The maximum absolute atomic E-state index is 13.6. The highest BCUT2D eigenvalue weighted by molar-refractivity contribution is 6.10. The normalized spacial score (nSPS) is 19.7. The first-order valence-electron chi connectivity index (χ1n) is 12.7. The van der Waals surface area contributed by atoms with Gasteiger partial charge in [-0.1, -0.05) is 6.07 Å². The van der Waals surface area contributed by atoms with Gasteiger partial charge in [-0.15, -0.1) is 0 Å². The number of fused-ring (bicyclic) bond motifs is 1. The molecule has 3 aromatic rings. The van der Waals surface area contributed by atoms with Crippen LogP contribution in [0.5, 0.6) is 0 Å². The number of hydrogen-bond donors (Lipinski definition) is 3. The van der Waals surface area contributed by atoms with Gasteiger partial charge in [-0.05, 0) is 25.0 Å². The summed E-state index contributed by atoms with van der Waals surface area (Å²) in [5, 5.41) is 12.7. The van der Waals surface area contributed by atoms with Crippen LogP contribution in [0.4, 0.5) is 17.7 Å². The van der Waals surface area contributed by atoms with Gasteiger partial charge in [-0.25, -0.2) is 9.97 Å². The molecule has 198 valence electrons. The molecule has 4 N–H and O–H groups in total. The molecule has 1 aliphatic carbocycles. The fraction of sp³-hybridized carbons (Fsp3) is 0.423. The molecule has 3 aromatic heterocycles. The molecule has 1 amide bonds. The number of aliphatic imine (C=N–C) groups is 1. The number of hydrogen-bond acceptors (Lipinski definition) is 11. The lowest BCUT2D eigenvalue weighted by molar-refractivity contribution is -0.0494. The van der Waals surface area contributed by atoms with E-state index in [0.29, 0.717) is 72.0 Å². The van der Waals surface area contributed by atoms with E-state index in [9.17, 15) is 9.90 Å². The Hall–Kier alpha value is -4.03. The van der Waals surface area contributed by atoms with Gasteiger partial charge in [-0.2, -0.15) is 4.98 Å². The maximum Gasteiger partial charge on any atom is 0.300 e. The maximum atomic E-state index is 13.6. The fourth-order valence-electron chi connectivity index (χ4n) is 5.43. The van der Waals surface area contributed by atoms with Crippen LogP contribution >= 0.6 is 0 Å². The van der Waals surface area contributed by atoms with Crippen molar-refractivity contribution >= 4 is 46.6 Å². The van der Waals surface area contributed by atoms with Crippen molar-refractivity contribution in [2.24, 2.45) is 16.1 Å². The van der Waals surface area contributed by atoms with Crippen LogP contribution in [-0.4, -0.2) is 84.7 Å². The van der Waals surface area contributed by atoms with E-state index >= 15 is 0 Å². The SMILES string of the molecule is CN=C/C(=C\N)c1cccc(NC(=O)c2cc3oc(N4CCOCC4)nc3nc2N2CC3(CC(O)C3)C2)n1. The second-order valence-corrected chi connectivity index (χ2v) is 10.1. The highest BCUT2D eigenvalue weighted by Gasteiger charge is 2.52. The number of oxazole rings is 1. The summed E-state index contributed by atoms with van der Waals surface area (Å²) in [6.07, 6.45) is 4.33. The summed E-state index contributed by atoms with van der Waals surface area (Å²) in [6.45, 7) is 4.01. The summed E-state index contributed by atoms with van der Waals surface area (Å²) in [5.74, 6) is 0.553. The predicted octanol–water partition coefficient (Wildman–Crippen LogP) is 1.67. The van der Waals surface area contributed by atoms with E-state index in [-0.39, 0.29) is 17.4 Å². The number of aromatic nitrogens is 3. The number of amides is 1. The molecule has 0 unspecified atom stereocenters. The molecule has 12 heteroatoms. The van der Waals surface area contributed by atoms with E-state index in [1.807, 2.05) is 4.90 Å². The Morgan fingerprint density at radius 2 is 2.00 bits per heavy atom. The smallest absolute Gasteiger partial charge is 0.300 e. The summed E-state index contributed by atoms with van der Waals surface area (Å²) in [7, 11) is 1.65. The van der Waals surface area contributed by atoms with Gasteiger partial charge in [0.25, 0.3) is 11.9 Å². The van der Waals surface area contributed by atoms with Crippen LogP contribution in [-0.2, 0) is 4.74 Å². The average molecular weight is 519 g/mol. The molecule has 0 aromatic carbocycles. The molecule has 1 spiro atoms. The number of allylic oxidation sites excluding steroid dienone is 1. The molecule has 2 aliphatic heterocycles. The number of aliphatic hydroxyl groups excluding tert-OH is 1. The number of carbonyl (C=O) groups is 1. The van der Waals surface area contributed by atoms with Gasteiger partial charge in [0.05, 0.1) is 30.6 Å². The Bertz CT molecular complexity index is 1410. The fourth-order valence-corrected chi connectivity index (χ4v) is 5.43. The van der Waals surface area contributed by atoms with Crippen LogP contribution in [0.3, 0.4) is 0 Å². The van der Waals surface area contributed by atoms with Gasteiger partial charge >= 0.3 is 0 Å². The number of nitrogens with one attached hydrogen (secondary N) is 1. The molecule has 2 saturated heterocycles. The van der Waals surface area contributed by atoms with Gasteiger partial charge in [0.1, 0.15) is 11.6 Å². The van der Waals surface area contributed by atoms with E-state index in [0.717, 1.165) is 25.9 Å². The number of nitrogens with two attached hydrogens (primary N) is 1. The Morgan fingerprint density at radius 1 is 1.21 bits per heavy atom. The lowest BCUT2D eigenvalue weighted by Gasteiger charge is -2.58. The second-order valence-electron chi connectivity index (χ2n) is 10.1. The summed E-state index contributed by atoms with van der Waals surface area (Å²) in [5.41, 5.74) is 8.29. The van der Waals surface area contributed by atoms with Crippen LogP contribution in [0, 0.1) is 5.41 Å². The van der Waals surface area contributed by atoms with E-state index in [1.54, 1.807) is 37.5 Å². The third-order valence-electron chi connectivity index (χ3n) is 7.30. The van der Waals surface area contributed by atoms with Crippen molar-refractivity contribution in [3.05, 3.63) is 41.7 Å². The van der Waals surface area contributed by atoms with Gasteiger partial charge < -0.3 is 35.1 Å². The third kappa shape index (κ3) is 4.45. The number of pyridine rings is 2. The molecule has 0 bridgehead atoms. The van der Waals surface area contributed by atoms with E-state index in [2.05, 4.69) is 25.2 Å². The molecule has 5 heterocycles. The molecular weight excluding hydrogens is 488 g/mol. The molecule has 38 heavy (non-hydrogen) atoms. The lowest BCUT2D eigenvalue weighted by Crippen LogP contribution is -2.64. The minimum Gasteiger partial charge on any atom is -0.422 e. The van der Waals surface area contributed by atoms with Crippen molar-refractivity contribution in [3.63, 3.8) is 0 Å². The number of rotatable bonds is 6. The Kier molecular flexibility index (Phi) is 6.20. The van der Waals surface area contributed by atoms with Crippen molar-refractivity contribution in [2.45, 2.75) is 18.9 Å². The largest absolute Gasteiger partial charge is 0.422 e. The monoisotopic (exact) mass is 518 g/mol. The lowest BCUT2D eigenvalue weighted by atomic mass is 9.62. The van der Waals surface area contributed by atoms with E-state index in [1.165, 1.54) is 6.20 Å². The topological polar surface area (TPSA) is 155 Å². The van der Waals surface area contributed by atoms with Crippen molar-refractivity contribution in [1.29, 1.82) is 0 Å². The van der Waals surface area contributed by atoms with Crippen molar-refractivity contribution < 1.29 is 19.1 Å². The molecule has 3 fully saturated rings. The molecule has 0 atom stereocenters. The first kappa shape index (κ1) is 24.3. The number of morpholine rings is 1. The highest BCUT2D eigenvalue weighted by Crippen LogP contribution is 2.50. The molecule has 0 radical (unpaired) electrons. The van der Waals surface area contributed by atoms with Crippen LogP contribution in [0.2, 0.25) is 0 Å².